The molecule has 0 aromatic heterocycles. The van der Waals surface area contributed by atoms with Crippen LogP contribution in [0.1, 0.15) is 26.9 Å². The highest BCUT2D eigenvalue weighted by Crippen LogP contribution is 2.43. The molecular formula is C23H16F4N2O2S. The molecule has 0 bridgehead atoms. The fraction of sp³-hybridized carbons (Fsp3) is 0.130. The van der Waals surface area contributed by atoms with Crippen molar-refractivity contribution in [2.75, 3.05) is 16.0 Å². The lowest BCUT2D eigenvalue weighted by Gasteiger charge is -2.25. The van der Waals surface area contributed by atoms with Gasteiger partial charge in [0.05, 0.1) is 17.0 Å². The minimum Gasteiger partial charge on any atom is -0.322 e. The number of nitrogens with one attached hydrogen (secondary N) is 1. The summed E-state index contributed by atoms with van der Waals surface area (Å²) in [6.45, 7) is 0. The van der Waals surface area contributed by atoms with Gasteiger partial charge in [-0.2, -0.15) is 13.2 Å². The van der Waals surface area contributed by atoms with Gasteiger partial charge < -0.3 is 5.32 Å². The molecule has 0 spiro atoms. The topological polar surface area (TPSA) is 49.4 Å². The summed E-state index contributed by atoms with van der Waals surface area (Å²) in [4.78, 5) is 26.3. The molecule has 1 fully saturated rings. The van der Waals surface area contributed by atoms with Crippen LogP contribution in [0.15, 0.2) is 72.8 Å². The molecule has 1 N–H and O–H groups in total. The van der Waals surface area contributed by atoms with E-state index < -0.39 is 28.8 Å². The Bertz CT molecular complexity index is 1170. The monoisotopic (exact) mass is 460 g/mol. The predicted octanol–water partition coefficient (Wildman–Crippen LogP) is 5.88. The fourth-order valence-corrected chi connectivity index (χ4v) is 4.52. The van der Waals surface area contributed by atoms with Crippen LogP contribution in [0.25, 0.3) is 0 Å². The quantitative estimate of drug-likeness (QED) is 0.495. The van der Waals surface area contributed by atoms with Crippen LogP contribution in [-0.2, 0) is 11.0 Å². The third-order valence-corrected chi connectivity index (χ3v) is 6.10. The van der Waals surface area contributed by atoms with Crippen LogP contribution < -0.4 is 10.2 Å². The zero-order valence-electron chi connectivity index (χ0n) is 16.4. The van der Waals surface area contributed by atoms with Crippen molar-refractivity contribution in [3.63, 3.8) is 0 Å². The highest BCUT2D eigenvalue weighted by atomic mass is 32.2. The average Bonchev–Trinajstić information content (AvgIpc) is 3.15. The summed E-state index contributed by atoms with van der Waals surface area (Å²) in [7, 11) is 0. The lowest BCUT2D eigenvalue weighted by molar-refractivity contribution is -0.137. The normalized spacial score (nSPS) is 16.3. The SMILES string of the molecule is O=C(Nc1cccc([C@H]2SCC(=O)N2c2ccccc2F)c1)c1ccc(C(F)(F)F)cc1. The molecule has 4 nitrogen and oxygen atoms in total. The average molecular weight is 460 g/mol. The first-order chi connectivity index (χ1) is 15.2. The van der Waals surface area contributed by atoms with Gasteiger partial charge in [-0.3, -0.25) is 14.5 Å². The van der Waals surface area contributed by atoms with Gasteiger partial charge >= 0.3 is 6.18 Å². The third-order valence-electron chi connectivity index (χ3n) is 4.88. The molecule has 32 heavy (non-hydrogen) atoms. The zero-order valence-corrected chi connectivity index (χ0v) is 17.2. The third kappa shape index (κ3) is 4.47. The standard InChI is InChI=1S/C23H16F4N2O2S/c24-18-6-1-2-7-19(18)29-20(30)13-32-22(29)15-4-3-5-17(12-15)28-21(31)14-8-10-16(11-9-14)23(25,26)27/h1-12,22H,13H2,(H,28,31)/t22-/m1/s1. The number of amides is 2. The van der Waals surface area contributed by atoms with E-state index in [1.54, 1.807) is 36.4 Å². The number of alkyl halides is 3. The molecule has 1 saturated heterocycles. The van der Waals surface area contributed by atoms with Crippen LogP contribution in [0.2, 0.25) is 0 Å². The van der Waals surface area contributed by atoms with E-state index in [2.05, 4.69) is 5.32 Å². The number of hydrogen-bond donors (Lipinski definition) is 1. The second-order valence-corrected chi connectivity index (χ2v) is 8.10. The van der Waals surface area contributed by atoms with Crippen molar-refractivity contribution >= 4 is 35.0 Å². The van der Waals surface area contributed by atoms with E-state index in [-0.39, 0.29) is 22.9 Å². The number of thioether (sulfide) groups is 1. The lowest BCUT2D eigenvalue weighted by Crippen LogP contribution is -2.28. The van der Waals surface area contributed by atoms with Crippen LogP contribution in [0.5, 0.6) is 0 Å². The summed E-state index contributed by atoms with van der Waals surface area (Å²) in [6, 6.07) is 16.6. The molecule has 1 atom stereocenters. The molecule has 0 saturated carbocycles. The zero-order chi connectivity index (χ0) is 22.9. The van der Waals surface area contributed by atoms with Gasteiger partial charge in [-0.15, -0.1) is 11.8 Å². The maximum absolute atomic E-state index is 14.3. The van der Waals surface area contributed by atoms with E-state index in [1.807, 2.05) is 0 Å². The highest BCUT2D eigenvalue weighted by molar-refractivity contribution is 8.00. The Labute approximate surface area is 185 Å². The first kappa shape index (κ1) is 21.9. The molecular weight excluding hydrogens is 444 g/mol. The van der Waals surface area contributed by atoms with Crippen molar-refractivity contribution in [1.82, 2.24) is 0 Å². The van der Waals surface area contributed by atoms with Gasteiger partial charge in [0.1, 0.15) is 11.2 Å². The van der Waals surface area contributed by atoms with Crippen molar-refractivity contribution in [3.05, 3.63) is 95.3 Å². The summed E-state index contributed by atoms with van der Waals surface area (Å²) >= 11 is 1.33. The number of rotatable bonds is 4. The smallest absolute Gasteiger partial charge is 0.322 e. The highest BCUT2D eigenvalue weighted by Gasteiger charge is 2.35. The van der Waals surface area contributed by atoms with Crippen LogP contribution >= 0.6 is 11.8 Å². The Morgan fingerprint density at radius 2 is 1.72 bits per heavy atom. The van der Waals surface area contributed by atoms with Gasteiger partial charge in [-0.1, -0.05) is 24.3 Å². The van der Waals surface area contributed by atoms with E-state index in [4.69, 9.17) is 0 Å². The minimum atomic E-state index is -4.48. The Balaban J connectivity index is 1.55. The molecule has 4 rings (SSSR count). The molecule has 2 amide bonds. The van der Waals surface area contributed by atoms with E-state index in [0.717, 1.165) is 24.3 Å². The summed E-state index contributed by atoms with van der Waals surface area (Å²) in [6.07, 6.45) is -4.48. The van der Waals surface area contributed by atoms with Gasteiger partial charge in [-0.05, 0) is 54.1 Å². The van der Waals surface area contributed by atoms with Gasteiger partial charge in [0, 0.05) is 11.3 Å². The second-order valence-electron chi connectivity index (χ2n) is 7.03. The molecule has 0 radical (unpaired) electrons. The Kier molecular flexibility index (Phi) is 5.92. The van der Waals surface area contributed by atoms with Crippen molar-refractivity contribution < 1.29 is 27.2 Å². The molecule has 164 valence electrons. The van der Waals surface area contributed by atoms with Crippen molar-refractivity contribution in [3.8, 4) is 0 Å². The molecule has 3 aromatic carbocycles. The molecule has 3 aromatic rings. The van der Waals surface area contributed by atoms with Gasteiger partial charge in [-0.25, -0.2) is 4.39 Å². The van der Waals surface area contributed by atoms with E-state index in [0.29, 0.717) is 11.3 Å². The molecule has 1 heterocycles. The lowest BCUT2D eigenvalue weighted by atomic mass is 10.1. The summed E-state index contributed by atoms with van der Waals surface area (Å²) in [5.41, 5.74) is 0.482. The van der Waals surface area contributed by atoms with Crippen molar-refractivity contribution in [2.45, 2.75) is 11.6 Å². The Morgan fingerprint density at radius 3 is 2.41 bits per heavy atom. The van der Waals surface area contributed by atoms with E-state index in [1.165, 1.54) is 28.8 Å². The fourth-order valence-electron chi connectivity index (χ4n) is 3.36. The van der Waals surface area contributed by atoms with Crippen LogP contribution in [0, 0.1) is 5.82 Å². The number of para-hydroxylation sites is 1. The maximum atomic E-state index is 14.3. The van der Waals surface area contributed by atoms with Gasteiger partial charge in [0.25, 0.3) is 5.91 Å². The maximum Gasteiger partial charge on any atom is 0.416 e. The second kappa shape index (κ2) is 8.66. The first-order valence-corrected chi connectivity index (χ1v) is 10.6. The number of halogens is 4. The minimum absolute atomic E-state index is 0.0711. The summed E-state index contributed by atoms with van der Waals surface area (Å²) < 4.78 is 52.5. The van der Waals surface area contributed by atoms with Crippen molar-refractivity contribution in [2.24, 2.45) is 0 Å². The largest absolute Gasteiger partial charge is 0.416 e. The Hall–Kier alpha value is -3.33. The van der Waals surface area contributed by atoms with Crippen LogP contribution in [-0.4, -0.2) is 17.6 Å². The number of carbonyl (C=O) groups is 2. The van der Waals surface area contributed by atoms with E-state index in [9.17, 15) is 27.2 Å². The summed E-state index contributed by atoms with van der Waals surface area (Å²) in [5, 5.41) is 2.17. The molecule has 0 aliphatic carbocycles. The number of benzene rings is 3. The summed E-state index contributed by atoms with van der Waals surface area (Å²) in [5.74, 6) is -1.14. The van der Waals surface area contributed by atoms with Crippen molar-refractivity contribution in [1.29, 1.82) is 0 Å². The van der Waals surface area contributed by atoms with E-state index >= 15 is 0 Å². The number of carbonyl (C=O) groups excluding carboxylic acids is 2. The van der Waals surface area contributed by atoms with Gasteiger partial charge in [0.2, 0.25) is 5.91 Å². The molecule has 9 heteroatoms. The predicted molar refractivity (Wildman–Crippen MR) is 115 cm³/mol. The molecule has 0 unspecified atom stereocenters. The van der Waals surface area contributed by atoms with Crippen LogP contribution in [0.4, 0.5) is 28.9 Å². The molecule has 1 aliphatic rings. The van der Waals surface area contributed by atoms with Crippen LogP contribution in [0.3, 0.4) is 0 Å². The van der Waals surface area contributed by atoms with Gasteiger partial charge in [0.15, 0.2) is 0 Å². The Morgan fingerprint density at radius 1 is 1.00 bits per heavy atom. The number of anilines is 2. The molecule has 1 aliphatic heterocycles. The number of hydrogen-bond acceptors (Lipinski definition) is 3. The first-order valence-electron chi connectivity index (χ1n) is 9.51. The number of nitrogens with zero attached hydrogens (tertiary/aromatic N) is 1.